The molecule has 9 atom stereocenters. The number of aliphatic hydroxyl groups is 3. The zero-order chi connectivity index (χ0) is 56.6. The molecule has 3 fully saturated rings. The molecule has 7 rings (SSSR count). The van der Waals surface area contributed by atoms with E-state index in [0.717, 1.165) is 52.2 Å². The first kappa shape index (κ1) is 59.3. The molecule has 3 saturated heterocycles. The number of hydrogen-bond acceptors (Lipinski definition) is 13. The highest BCUT2D eigenvalue weighted by Gasteiger charge is 2.45. The van der Waals surface area contributed by atoms with Crippen LogP contribution >= 0.6 is 0 Å². The molecule has 0 unspecified atom stereocenters. The molecule has 0 radical (unpaired) electrons. The van der Waals surface area contributed by atoms with Crippen LogP contribution in [-0.2, 0) is 35.2 Å². The summed E-state index contributed by atoms with van der Waals surface area (Å²) in [4.78, 5) is 102. The number of nitrogens with one attached hydrogen (secondary N) is 5. The largest absolute Gasteiger partial charge is 0.508 e. The molecule has 424 valence electrons. The number of benzene rings is 4. The van der Waals surface area contributed by atoms with Gasteiger partial charge in [0.05, 0.1) is 24.9 Å². The lowest BCUT2D eigenvalue weighted by atomic mass is 9.99. The summed E-state index contributed by atoms with van der Waals surface area (Å²) in [5.41, 5.74) is 10.6. The monoisotopic (exact) mass is 1090 g/mol. The number of phenolic OH excluding ortho intramolecular Hbond substituents is 1. The Kier molecular flexibility index (Phi) is 21.4. The van der Waals surface area contributed by atoms with E-state index in [2.05, 4.69) is 33.5 Å². The van der Waals surface area contributed by atoms with Crippen LogP contribution in [0.25, 0.3) is 22.3 Å². The van der Waals surface area contributed by atoms with Gasteiger partial charge in [-0.1, -0.05) is 80.4 Å². The van der Waals surface area contributed by atoms with Gasteiger partial charge < -0.3 is 67.3 Å². The summed E-state index contributed by atoms with van der Waals surface area (Å²) >= 11 is 0. The summed E-state index contributed by atoms with van der Waals surface area (Å²) in [6.45, 7) is 3.82. The molecule has 0 aliphatic carbocycles. The highest BCUT2D eigenvalue weighted by atomic mass is 16.5. The summed E-state index contributed by atoms with van der Waals surface area (Å²) in [5.74, 6) is -4.29. The number of aryl methyl sites for hydroxylation is 1. The molecule has 3 aliphatic heterocycles. The third-order valence-electron chi connectivity index (χ3n) is 14.8. The fraction of sp³-hybridized carbons (Fsp3) is 0.475. The number of rotatable bonds is 16. The van der Waals surface area contributed by atoms with E-state index in [1.807, 2.05) is 48.5 Å². The Bertz CT molecular complexity index is 2710. The number of aromatic hydroxyl groups is 1. The Morgan fingerprint density at radius 3 is 1.85 bits per heavy atom. The highest BCUT2D eigenvalue weighted by molar-refractivity contribution is 6.00. The van der Waals surface area contributed by atoms with Crippen molar-refractivity contribution < 1.29 is 58.7 Å². The second-order valence-electron chi connectivity index (χ2n) is 20.8. The molecule has 20 heteroatoms. The first-order valence-electron chi connectivity index (χ1n) is 27.6. The molecule has 3 aliphatic rings. The summed E-state index contributed by atoms with van der Waals surface area (Å²) < 4.78 is 5.87. The topological polar surface area (TPSA) is 302 Å². The SMILES string of the molecule is CCCCCOc1ccc(-c2ccc(-c3ccc(C(=O)N[C@H]4CCCCNC(=O)[C@@H]5C[C@@H](O)CN5C(=O)[C@H](CCCN)NC(=O)[C@H](CCc5ccc(O)cc5)NC(=O)[C@@H]5C[C@@H](O)CN5C(=O)[C@H]([C@@H](C)O)NC4=O)cc3)cc2)cc1. The van der Waals surface area contributed by atoms with Gasteiger partial charge in [0.15, 0.2) is 0 Å². The molecule has 20 nitrogen and oxygen atoms in total. The second-order valence-corrected chi connectivity index (χ2v) is 20.8. The number of nitrogens with zero attached hydrogens (tertiary/aromatic N) is 2. The van der Waals surface area contributed by atoms with E-state index >= 15 is 0 Å². The minimum atomic E-state index is -1.66. The van der Waals surface area contributed by atoms with Crippen LogP contribution in [0.3, 0.4) is 0 Å². The third kappa shape index (κ3) is 16.1. The van der Waals surface area contributed by atoms with Gasteiger partial charge in [-0.3, -0.25) is 33.6 Å². The predicted octanol–water partition coefficient (Wildman–Crippen LogP) is 2.82. The van der Waals surface area contributed by atoms with E-state index in [-0.39, 0.29) is 82.4 Å². The first-order valence-corrected chi connectivity index (χ1v) is 27.6. The molecular weight excluding hydrogens is 1010 g/mol. The number of carbonyl (C=O) groups excluding carboxylic acids is 7. The predicted molar refractivity (Wildman–Crippen MR) is 295 cm³/mol. The van der Waals surface area contributed by atoms with Crippen molar-refractivity contribution in [2.24, 2.45) is 5.73 Å². The molecule has 0 bridgehead atoms. The minimum Gasteiger partial charge on any atom is -0.508 e. The van der Waals surface area contributed by atoms with Crippen LogP contribution in [-0.4, -0.2) is 159 Å². The lowest BCUT2D eigenvalue weighted by molar-refractivity contribution is -0.145. The average Bonchev–Trinajstić information content (AvgIpc) is 4.05. The Labute approximate surface area is 460 Å². The number of aliphatic hydroxyl groups excluding tert-OH is 3. The van der Waals surface area contributed by atoms with Crippen molar-refractivity contribution >= 4 is 41.4 Å². The van der Waals surface area contributed by atoms with E-state index in [0.29, 0.717) is 25.0 Å². The molecule has 4 aromatic carbocycles. The van der Waals surface area contributed by atoms with Crippen LogP contribution < -0.4 is 37.1 Å². The van der Waals surface area contributed by atoms with Crippen LogP contribution in [0.4, 0.5) is 0 Å². The Hall–Kier alpha value is -7.39. The molecule has 7 amide bonds. The smallest absolute Gasteiger partial charge is 0.251 e. The standard InChI is InChI=1S/C59H76N8O12/c1-3-4-7-31-79-46-26-22-41(23-27-46)39-16-14-38(15-17-39)40-18-20-42(21-19-40)53(72)62-47-9-5-6-30-61-56(75)50-32-44(70)34-66(50)58(77)49(10-8-29-60)64-54(73)48(28-13-37-11-24-43(69)25-12-37)63-57(76)51-33-45(71)35-67(51)59(78)52(36(2)68)65-55(47)74/h11-12,14-27,36,44-45,47-52,68-71H,3-10,13,28-35,60H2,1-2H3,(H,61,75)(H,62,72)(H,63,76)(H,64,73)(H,65,74)/t36-,44-,45-,47+,48+,49+,50+,51+,52+/m1/s1. The van der Waals surface area contributed by atoms with Gasteiger partial charge in [-0.2, -0.15) is 0 Å². The fourth-order valence-corrected chi connectivity index (χ4v) is 10.3. The molecule has 11 N–H and O–H groups in total. The van der Waals surface area contributed by atoms with Gasteiger partial charge in [0.2, 0.25) is 35.4 Å². The van der Waals surface area contributed by atoms with Gasteiger partial charge in [0.1, 0.15) is 47.8 Å². The van der Waals surface area contributed by atoms with Crippen molar-refractivity contribution in [1.82, 2.24) is 36.4 Å². The van der Waals surface area contributed by atoms with E-state index in [1.54, 1.807) is 36.4 Å². The normalized spacial score (nSPS) is 24.2. The molecule has 3 heterocycles. The summed E-state index contributed by atoms with van der Waals surface area (Å²) in [5, 5.41) is 56.3. The lowest BCUT2D eigenvalue weighted by Gasteiger charge is -2.32. The zero-order valence-electron chi connectivity index (χ0n) is 45.0. The summed E-state index contributed by atoms with van der Waals surface area (Å²) in [6, 6.07) is 21.1. The maximum Gasteiger partial charge on any atom is 0.251 e. The molecular formula is C59H76N8O12. The number of ether oxygens (including phenoxy) is 1. The van der Waals surface area contributed by atoms with Crippen LogP contribution in [0.2, 0.25) is 0 Å². The molecule has 4 aromatic rings. The van der Waals surface area contributed by atoms with Crippen molar-refractivity contribution in [3.63, 3.8) is 0 Å². The van der Waals surface area contributed by atoms with Crippen LogP contribution in [0.1, 0.15) is 100 Å². The maximum atomic E-state index is 14.5. The third-order valence-corrected chi connectivity index (χ3v) is 14.8. The Morgan fingerprint density at radius 1 is 0.684 bits per heavy atom. The van der Waals surface area contributed by atoms with E-state index in [1.165, 1.54) is 24.0 Å². The van der Waals surface area contributed by atoms with Gasteiger partial charge in [0.25, 0.3) is 5.91 Å². The van der Waals surface area contributed by atoms with Crippen LogP contribution in [0, 0.1) is 0 Å². The van der Waals surface area contributed by atoms with Gasteiger partial charge >= 0.3 is 0 Å². The zero-order valence-corrected chi connectivity index (χ0v) is 45.0. The van der Waals surface area contributed by atoms with Gasteiger partial charge in [-0.25, -0.2) is 0 Å². The van der Waals surface area contributed by atoms with Crippen molar-refractivity contribution in [2.75, 3.05) is 32.8 Å². The van der Waals surface area contributed by atoms with Gasteiger partial charge in [-0.05, 0) is 129 Å². The highest BCUT2D eigenvalue weighted by Crippen LogP contribution is 2.28. The Balaban J connectivity index is 1.11. The number of hydrogen-bond donors (Lipinski definition) is 10. The summed E-state index contributed by atoms with van der Waals surface area (Å²) in [7, 11) is 0. The van der Waals surface area contributed by atoms with Gasteiger partial charge in [-0.15, -0.1) is 0 Å². The number of phenols is 1. The second kappa shape index (κ2) is 28.5. The Morgan fingerprint density at radius 2 is 1.25 bits per heavy atom. The van der Waals surface area contributed by atoms with E-state index in [4.69, 9.17) is 10.5 Å². The number of unbranched alkanes of at least 4 members (excludes halogenated alkanes) is 2. The van der Waals surface area contributed by atoms with Crippen molar-refractivity contribution in [3.05, 3.63) is 108 Å². The van der Waals surface area contributed by atoms with E-state index < -0.39 is 95.9 Å². The number of amides is 7. The summed E-state index contributed by atoms with van der Waals surface area (Å²) in [6.07, 6.45) is 0.259. The van der Waals surface area contributed by atoms with Crippen LogP contribution in [0.5, 0.6) is 11.5 Å². The number of carbonyl (C=O) groups is 7. The molecule has 0 aromatic heterocycles. The van der Waals surface area contributed by atoms with Crippen LogP contribution in [0.15, 0.2) is 97.1 Å². The molecule has 0 saturated carbocycles. The van der Waals surface area contributed by atoms with Crippen molar-refractivity contribution in [1.29, 1.82) is 0 Å². The molecule has 0 spiro atoms. The lowest BCUT2D eigenvalue weighted by Crippen LogP contribution is -2.61. The average molecular weight is 1090 g/mol. The van der Waals surface area contributed by atoms with Gasteiger partial charge in [0, 0.05) is 38.0 Å². The number of nitrogens with two attached hydrogens (primary N) is 1. The molecule has 79 heavy (non-hydrogen) atoms. The van der Waals surface area contributed by atoms with Crippen molar-refractivity contribution in [3.8, 4) is 33.8 Å². The van der Waals surface area contributed by atoms with Crippen molar-refractivity contribution in [2.45, 2.75) is 145 Å². The maximum absolute atomic E-state index is 14.5. The van der Waals surface area contributed by atoms with E-state index in [9.17, 15) is 54.0 Å². The minimum absolute atomic E-state index is 0.0154. The fourth-order valence-electron chi connectivity index (χ4n) is 10.3. The quantitative estimate of drug-likeness (QED) is 0.0724. The number of fused-ring (bicyclic) bond motifs is 2. The first-order chi connectivity index (χ1) is 38.0.